The summed E-state index contributed by atoms with van der Waals surface area (Å²) in [7, 11) is 1.59. The summed E-state index contributed by atoms with van der Waals surface area (Å²) in [5.41, 5.74) is 0.754. The van der Waals surface area contributed by atoms with Gasteiger partial charge in [-0.3, -0.25) is 0 Å². The molecule has 0 amide bonds. The lowest BCUT2D eigenvalue weighted by molar-refractivity contribution is 0.263. The van der Waals surface area contributed by atoms with Crippen LogP contribution in [-0.2, 0) is 6.61 Å². The molecule has 1 aromatic heterocycles. The van der Waals surface area contributed by atoms with E-state index in [1.807, 2.05) is 18.2 Å². The fourth-order valence-electron chi connectivity index (χ4n) is 1.89. The maximum atomic E-state index is 13.0. The van der Waals surface area contributed by atoms with E-state index in [0.717, 1.165) is 5.56 Å². The van der Waals surface area contributed by atoms with Gasteiger partial charge in [-0.2, -0.15) is 0 Å². The van der Waals surface area contributed by atoms with E-state index in [0.29, 0.717) is 23.3 Å². The highest BCUT2D eigenvalue weighted by Gasteiger charge is 2.10. The number of hydrogen-bond acceptors (Lipinski definition) is 5. The molecule has 0 radical (unpaired) electrons. The Labute approximate surface area is 126 Å². The first kappa shape index (κ1) is 14.1. The molecule has 0 spiro atoms. The second kappa shape index (κ2) is 6.26. The number of halogens is 1. The Hall–Kier alpha value is -2.89. The molecule has 0 bridgehead atoms. The van der Waals surface area contributed by atoms with Crippen molar-refractivity contribution in [3.05, 3.63) is 60.2 Å². The van der Waals surface area contributed by atoms with Crippen LogP contribution >= 0.6 is 0 Å². The van der Waals surface area contributed by atoms with Crippen LogP contribution in [0.1, 0.15) is 5.89 Å². The molecule has 22 heavy (non-hydrogen) atoms. The fraction of sp³-hybridized carbons (Fsp3) is 0.125. The number of nitrogens with zero attached hydrogens (tertiary/aromatic N) is 2. The molecule has 2 aromatic carbocycles. The van der Waals surface area contributed by atoms with Gasteiger partial charge in [-0.1, -0.05) is 12.1 Å². The third-order valence-corrected chi connectivity index (χ3v) is 2.94. The minimum absolute atomic E-state index is 0.0699. The van der Waals surface area contributed by atoms with E-state index in [2.05, 4.69) is 10.2 Å². The van der Waals surface area contributed by atoms with Crippen LogP contribution in [0.2, 0.25) is 0 Å². The Morgan fingerprint density at radius 2 is 1.86 bits per heavy atom. The average Bonchev–Trinajstić information content (AvgIpc) is 3.02. The van der Waals surface area contributed by atoms with Crippen molar-refractivity contribution in [1.29, 1.82) is 0 Å². The van der Waals surface area contributed by atoms with Crippen LogP contribution in [0.5, 0.6) is 11.5 Å². The monoisotopic (exact) mass is 300 g/mol. The molecule has 3 aromatic rings. The fourth-order valence-corrected chi connectivity index (χ4v) is 1.89. The summed E-state index contributed by atoms with van der Waals surface area (Å²) in [4.78, 5) is 0. The minimum atomic E-state index is -0.361. The zero-order valence-electron chi connectivity index (χ0n) is 11.8. The Balaban J connectivity index is 1.71. The van der Waals surface area contributed by atoms with E-state index < -0.39 is 0 Å². The van der Waals surface area contributed by atoms with Gasteiger partial charge in [0.1, 0.15) is 17.3 Å². The molecule has 3 rings (SSSR count). The molecule has 0 saturated heterocycles. The van der Waals surface area contributed by atoms with E-state index >= 15 is 0 Å². The lowest BCUT2D eigenvalue weighted by Gasteiger charge is -2.02. The Bertz CT molecular complexity index is 773. The second-order valence-electron chi connectivity index (χ2n) is 4.48. The summed E-state index contributed by atoms with van der Waals surface area (Å²) >= 11 is 0. The first-order valence-electron chi connectivity index (χ1n) is 6.60. The summed E-state index contributed by atoms with van der Waals surface area (Å²) in [6.07, 6.45) is 0. The van der Waals surface area contributed by atoms with Crippen molar-refractivity contribution >= 4 is 0 Å². The predicted octanol–water partition coefficient (Wildman–Crippen LogP) is 3.46. The SMILES string of the molecule is COc1cccc(-c2nnc(COc3cccc(F)c3)o2)c1. The van der Waals surface area contributed by atoms with Gasteiger partial charge in [0.15, 0.2) is 6.61 Å². The molecule has 0 aliphatic heterocycles. The highest BCUT2D eigenvalue weighted by atomic mass is 19.1. The van der Waals surface area contributed by atoms with Gasteiger partial charge in [0, 0.05) is 11.6 Å². The zero-order valence-corrected chi connectivity index (χ0v) is 11.8. The van der Waals surface area contributed by atoms with Crippen molar-refractivity contribution in [3.8, 4) is 23.0 Å². The van der Waals surface area contributed by atoms with E-state index in [1.165, 1.54) is 12.1 Å². The lowest BCUT2D eigenvalue weighted by Crippen LogP contribution is -1.95. The molecule has 0 fully saturated rings. The molecule has 5 nitrogen and oxygen atoms in total. The molecule has 0 aliphatic carbocycles. The summed E-state index contributed by atoms with van der Waals surface area (Å²) in [5, 5.41) is 7.87. The normalized spacial score (nSPS) is 10.5. The molecule has 1 heterocycles. The van der Waals surface area contributed by atoms with E-state index in [9.17, 15) is 4.39 Å². The van der Waals surface area contributed by atoms with Crippen molar-refractivity contribution in [2.24, 2.45) is 0 Å². The van der Waals surface area contributed by atoms with Crippen LogP contribution in [0.15, 0.2) is 52.9 Å². The molecule has 0 unspecified atom stereocenters. The molecule has 6 heteroatoms. The Morgan fingerprint density at radius 1 is 1.05 bits per heavy atom. The van der Waals surface area contributed by atoms with Crippen LogP contribution in [0.4, 0.5) is 4.39 Å². The Morgan fingerprint density at radius 3 is 2.68 bits per heavy atom. The predicted molar refractivity (Wildman–Crippen MR) is 77.0 cm³/mol. The maximum absolute atomic E-state index is 13.0. The summed E-state index contributed by atoms with van der Waals surface area (Å²) in [6.45, 7) is 0.0699. The highest BCUT2D eigenvalue weighted by Crippen LogP contribution is 2.23. The van der Waals surface area contributed by atoms with Crippen molar-refractivity contribution in [2.75, 3.05) is 7.11 Å². The van der Waals surface area contributed by atoms with Crippen LogP contribution in [0, 0.1) is 5.82 Å². The van der Waals surface area contributed by atoms with Gasteiger partial charge >= 0.3 is 0 Å². The van der Waals surface area contributed by atoms with Gasteiger partial charge in [0.2, 0.25) is 5.89 Å². The number of ether oxygens (including phenoxy) is 2. The quantitative estimate of drug-likeness (QED) is 0.722. The first-order chi connectivity index (χ1) is 10.7. The second-order valence-corrected chi connectivity index (χ2v) is 4.48. The molecular formula is C16H13FN2O3. The van der Waals surface area contributed by atoms with Gasteiger partial charge in [-0.05, 0) is 30.3 Å². The van der Waals surface area contributed by atoms with Crippen LogP contribution in [0.3, 0.4) is 0 Å². The molecule has 0 atom stereocenters. The third kappa shape index (κ3) is 3.22. The standard InChI is InChI=1S/C16H13FN2O3/c1-20-13-6-2-4-11(8-13)16-19-18-15(22-16)10-21-14-7-3-5-12(17)9-14/h2-9H,10H2,1H3. The summed E-state index contributed by atoms with van der Waals surface area (Å²) in [6, 6.07) is 13.2. The topological polar surface area (TPSA) is 57.4 Å². The zero-order chi connectivity index (χ0) is 15.4. The van der Waals surface area contributed by atoms with Crippen LogP contribution < -0.4 is 9.47 Å². The maximum Gasteiger partial charge on any atom is 0.254 e. The van der Waals surface area contributed by atoms with E-state index in [4.69, 9.17) is 13.9 Å². The first-order valence-corrected chi connectivity index (χ1v) is 6.60. The summed E-state index contributed by atoms with van der Waals surface area (Å²) < 4.78 is 29.1. The molecule has 112 valence electrons. The van der Waals surface area contributed by atoms with Gasteiger partial charge in [0.05, 0.1) is 7.11 Å². The number of aromatic nitrogens is 2. The number of benzene rings is 2. The minimum Gasteiger partial charge on any atom is -0.497 e. The van der Waals surface area contributed by atoms with Crippen LogP contribution in [-0.4, -0.2) is 17.3 Å². The average molecular weight is 300 g/mol. The smallest absolute Gasteiger partial charge is 0.254 e. The van der Waals surface area contributed by atoms with Crippen molar-refractivity contribution in [2.45, 2.75) is 6.61 Å². The van der Waals surface area contributed by atoms with E-state index in [1.54, 1.807) is 25.3 Å². The number of hydrogen-bond donors (Lipinski definition) is 0. The number of rotatable bonds is 5. The van der Waals surface area contributed by atoms with Crippen molar-refractivity contribution in [1.82, 2.24) is 10.2 Å². The van der Waals surface area contributed by atoms with Crippen molar-refractivity contribution < 1.29 is 18.3 Å². The van der Waals surface area contributed by atoms with Gasteiger partial charge < -0.3 is 13.9 Å². The van der Waals surface area contributed by atoms with E-state index in [-0.39, 0.29) is 12.4 Å². The molecular weight excluding hydrogens is 287 g/mol. The van der Waals surface area contributed by atoms with Crippen LogP contribution in [0.25, 0.3) is 11.5 Å². The number of methoxy groups -OCH3 is 1. The van der Waals surface area contributed by atoms with Gasteiger partial charge in [0.25, 0.3) is 5.89 Å². The summed E-state index contributed by atoms with van der Waals surface area (Å²) in [5.74, 6) is 1.42. The molecule has 0 N–H and O–H groups in total. The highest BCUT2D eigenvalue weighted by molar-refractivity contribution is 5.55. The molecule has 0 saturated carbocycles. The molecule has 0 aliphatic rings. The Kier molecular flexibility index (Phi) is 4.00. The van der Waals surface area contributed by atoms with Gasteiger partial charge in [-0.15, -0.1) is 10.2 Å². The lowest BCUT2D eigenvalue weighted by atomic mass is 10.2. The third-order valence-electron chi connectivity index (χ3n) is 2.94. The van der Waals surface area contributed by atoms with Crippen molar-refractivity contribution in [3.63, 3.8) is 0 Å². The van der Waals surface area contributed by atoms with Gasteiger partial charge in [-0.25, -0.2) is 4.39 Å². The largest absolute Gasteiger partial charge is 0.497 e.